The Morgan fingerprint density at radius 3 is 2.20 bits per heavy atom. The van der Waals surface area contributed by atoms with Gasteiger partial charge in [-0.15, -0.1) is 0 Å². The van der Waals surface area contributed by atoms with Gasteiger partial charge in [-0.05, 0) is 18.9 Å². The summed E-state index contributed by atoms with van der Waals surface area (Å²) in [6.45, 7) is 3.26. The first-order valence-corrected chi connectivity index (χ1v) is 8.07. The average molecular weight is 351 g/mol. The van der Waals surface area contributed by atoms with Crippen molar-refractivity contribution in [3.05, 3.63) is 35.9 Å². The highest BCUT2D eigenvalue weighted by Gasteiger charge is 2.29. The topological polar surface area (TPSA) is 142 Å². The van der Waals surface area contributed by atoms with E-state index in [1.807, 2.05) is 37.3 Å². The second-order valence-corrected chi connectivity index (χ2v) is 5.81. The molecule has 1 aromatic rings. The van der Waals surface area contributed by atoms with Gasteiger partial charge in [0.05, 0.1) is 24.6 Å². The van der Waals surface area contributed by atoms with Crippen LogP contribution in [0.5, 0.6) is 0 Å². The lowest BCUT2D eigenvalue weighted by Crippen LogP contribution is -2.56. The fraction of sp³-hybridized carbons (Fsp3) is 0.471. The Labute approximate surface area is 146 Å². The number of carbonyl (C=O) groups excluding carboxylic acids is 2. The maximum absolute atomic E-state index is 12.5. The summed E-state index contributed by atoms with van der Waals surface area (Å²) < 4.78 is 0. The maximum Gasteiger partial charge on any atom is 0.305 e. The van der Waals surface area contributed by atoms with E-state index in [0.717, 1.165) is 5.56 Å². The third kappa shape index (κ3) is 6.52. The van der Waals surface area contributed by atoms with Crippen molar-refractivity contribution in [3.8, 4) is 0 Å². The molecule has 0 saturated heterocycles. The highest BCUT2D eigenvalue weighted by molar-refractivity contribution is 5.91. The number of hydrogen-bond acceptors (Lipinski definition) is 5. The Bertz CT molecular complexity index is 591. The van der Waals surface area contributed by atoms with Gasteiger partial charge in [-0.25, -0.2) is 0 Å². The first kappa shape index (κ1) is 20.6. The maximum atomic E-state index is 12.5. The van der Waals surface area contributed by atoms with Gasteiger partial charge in [0, 0.05) is 0 Å². The summed E-state index contributed by atoms with van der Waals surface area (Å²) in [5, 5.41) is 23.6. The molecule has 0 unspecified atom stereocenters. The predicted octanol–water partition coefficient (Wildman–Crippen LogP) is -0.0785. The molecule has 25 heavy (non-hydrogen) atoms. The molecule has 1 rings (SSSR count). The van der Waals surface area contributed by atoms with Crippen molar-refractivity contribution in [1.82, 2.24) is 10.6 Å². The van der Waals surface area contributed by atoms with E-state index in [-0.39, 0.29) is 6.04 Å². The van der Waals surface area contributed by atoms with Crippen molar-refractivity contribution >= 4 is 17.8 Å². The normalized spacial score (nSPS) is 15.5. The zero-order valence-corrected chi connectivity index (χ0v) is 14.3. The minimum atomic E-state index is -1.30. The molecule has 0 radical (unpaired) electrons. The van der Waals surface area contributed by atoms with Crippen LogP contribution in [0.2, 0.25) is 0 Å². The van der Waals surface area contributed by atoms with Gasteiger partial charge < -0.3 is 26.6 Å². The van der Waals surface area contributed by atoms with Gasteiger partial charge in [0.15, 0.2) is 0 Å². The molecule has 1 aromatic carbocycles. The molecule has 0 heterocycles. The number of nitrogens with one attached hydrogen (secondary N) is 2. The first-order chi connectivity index (χ1) is 11.8. The molecule has 0 spiro atoms. The molecule has 0 saturated carbocycles. The van der Waals surface area contributed by atoms with Crippen LogP contribution in [0.3, 0.4) is 0 Å². The van der Waals surface area contributed by atoms with Crippen LogP contribution in [0.15, 0.2) is 30.3 Å². The van der Waals surface area contributed by atoms with Gasteiger partial charge in [-0.3, -0.25) is 14.4 Å². The second-order valence-electron chi connectivity index (χ2n) is 5.81. The van der Waals surface area contributed by atoms with Crippen LogP contribution in [0, 0.1) is 0 Å². The highest BCUT2D eigenvalue weighted by atomic mass is 16.4. The van der Waals surface area contributed by atoms with E-state index >= 15 is 0 Å². The van der Waals surface area contributed by atoms with Crippen molar-refractivity contribution in [1.29, 1.82) is 0 Å². The van der Waals surface area contributed by atoms with Gasteiger partial charge in [-0.1, -0.05) is 37.3 Å². The Hall–Kier alpha value is -2.45. The molecule has 2 amide bonds. The van der Waals surface area contributed by atoms with Crippen molar-refractivity contribution < 1.29 is 24.6 Å². The molecular weight excluding hydrogens is 326 g/mol. The summed E-state index contributed by atoms with van der Waals surface area (Å²) in [6, 6.07) is 6.49. The van der Waals surface area contributed by atoms with Crippen molar-refractivity contribution in [2.75, 3.05) is 0 Å². The minimum Gasteiger partial charge on any atom is -0.481 e. The van der Waals surface area contributed by atoms with E-state index in [0.29, 0.717) is 6.42 Å². The molecule has 8 heteroatoms. The van der Waals surface area contributed by atoms with Crippen LogP contribution in [-0.4, -0.2) is 46.2 Å². The van der Waals surface area contributed by atoms with E-state index in [1.54, 1.807) is 0 Å². The fourth-order valence-corrected chi connectivity index (χ4v) is 2.31. The fourth-order valence-electron chi connectivity index (χ4n) is 2.31. The number of carboxylic acids is 1. The van der Waals surface area contributed by atoms with Crippen LogP contribution >= 0.6 is 0 Å². The van der Waals surface area contributed by atoms with Crippen LogP contribution in [0.4, 0.5) is 0 Å². The Balaban J connectivity index is 2.79. The minimum absolute atomic E-state index is 0.278. The van der Waals surface area contributed by atoms with E-state index in [9.17, 15) is 19.5 Å². The third-order valence-corrected chi connectivity index (χ3v) is 3.72. The Kier molecular flexibility index (Phi) is 8.03. The number of nitrogens with two attached hydrogens (primary N) is 1. The van der Waals surface area contributed by atoms with Crippen LogP contribution < -0.4 is 16.4 Å². The van der Waals surface area contributed by atoms with Gasteiger partial charge >= 0.3 is 5.97 Å². The van der Waals surface area contributed by atoms with E-state index in [1.165, 1.54) is 6.92 Å². The van der Waals surface area contributed by atoms with Gasteiger partial charge in [0.25, 0.3) is 0 Å². The predicted molar refractivity (Wildman–Crippen MR) is 91.5 cm³/mol. The van der Waals surface area contributed by atoms with Gasteiger partial charge in [-0.2, -0.15) is 0 Å². The summed E-state index contributed by atoms with van der Waals surface area (Å²) in [5.41, 5.74) is 6.38. The van der Waals surface area contributed by atoms with Gasteiger partial charge in [0.2, 0.25) is 11.8 Å². The van der Waals surface area contributed by atoms with Crippen LogP contribution in [0.1, 0.15) is 38.3 Å². The van der Waals surface area contributed by atoms with Crippen molar-refractivity contribution in [2.45, 2.75) is 50.9 Å². The number of rotatable bonds is 9. The molecule has 0 aliphatic carbocycles. The standard InChI is InChI=1S/C17H25N3O5/c1-3-13(11-7-5-4-6-8-11)19-17(25)15(10(2)21)20-16(24)12(18)9-14(22)23/h4-8,10,12-13,15,21H,3,9,18H2,1-2H3,(H,19,25)(H,20,24)(H,22,23)/t10-,12-,13-,15+/m0/s1. The average Bonchev–Trinajstić information content (AvgIpc) is 2.56. The molecule has 0 aliphatic rings. The van der Waals surface area contributed by atoms with E-state index < -0.39 is 42.4 Å². The number of aliphatic hydroxyl groups is 1. The lowest BCUT2D eigenvalue weighted by Gasteiger charge is -2.25. The van der Waals surface area contributed by atoms with Crippen LogP contribution in [-0.2, 0) is 14.4 Å². The summed E-state index contributed by atoms with van der Waals surface area (Å²) in [5.74, 6) is -2.60. The number of carboxylic acid groups (broad SMARTS) is 1. The molecular formula is C17H25N3O5. The summed E-state index contributed by atoms with van der Waals surface area (Å²) in [6.07, 6.45) is -1.12. The van der Waals surface area contributed by atoms with Crippen molar-refractivity contribution in [3.63, 3.8) is 0 Å². The zero-order valence-electron chi connectivity index (χ0n) is 14.3. The smallest absolute Gasteiger partial charge is 0.305 e. The Morgan fingerprint density at radius 1 is 1.12 bits per heavy atom. The summed E-state index contributed by atoms with van der Waals surface area (Å²) in [4.78, 5) is 35.0. The highest BCUT2D eigenvalue weighted by Crippen LogP contribution is 2.16. The summed E-state index contributed by atoms with van der Waals surface area (Å²) >= 11 is 0. The van der Waals surface area contributed by atoms with Crippen molar-refractivity contribution in [2.24, 2.45) is 5.73 Å². The number of aliphatic hydroxyl groups excluding tert-OH is 1. The number of carbonyl (C=O) groups is 3. The lowest BCUT2D eigenvalue weighted by molar-refractivity contribution is -0.140. The number of aliphatic carboxylic acids is 1. The molecule has 8 nitrogen and oxygen atoms in total. The second kappa shape index (κ2) is 9.75. The quantitative estimate of drug-likeness (QED) is 0.421. The van der Waals surface area contributed by atoms with Gasteiger partial charge in [0.1, 0.15) is 6.04 Å². The molecule has 138 valence electrons. The number of benzene rings is 1. The number of hydrogen-bond donors (Lipinski definition) is 5. The molecule has 0 bridgehead atoms. The summed E-state index contributed by atoms with van der Waals surface area (Å²) in [7, 11) is 0. The monoisotopic (exact) mass is 351 g/mol. The molecule has 6 N–H and O–H groups in total. The van der Waals surface area contributed by atoms with Crippen LogP contribution in [0.25, 0.3) is 0 Å². The Morgan fingerprint density at radius 2 is 1.72 bits per heavy atom. The largest absolute Gasteiger partial charge is 0.481 e. The SMILES string of the molecule is CC[C@H](NC(=O)[C@H](NC(=O)[C@@H](N)CC(=O)O)[C@H](C)O)c1ccccc1. The zero-order chi connectivity index (χ0) is 19.0. The first-order valence-electron chi connectivity index (χ1n) is 8.07. The third-order valence-electron chi connectivity index (χ3n) is 3.72. The lowest BCUT2D eigenvalue weighted by atomic mass is 10.0. The molecule has 4 atom stereocenters. The van der Waals surface area contributed by atoms with E-state index in [2.05, 4.69) is 10.6 Å². The molecule has 0 fully saturated rings. The number of amides is 2. The molecule has 0 aromatic heterocycles. The van der Waals surface area contributed by atoms with E-state index in [4.69, 9.17) is 10.8 Å². The molecule has 0 aliphatic heterocycles.